The standard InChI is InChI=1S/C22H22ClFN4O3S/c23-20-6-2-1-4-16(20)15-28-21(11-12-25-28)26-22(29)17-5-3-13-27(14-17)32(30,31)19-9-7-18(24)8-10-19/h1-2,4,6-12,17H,3,5,13-15H2,(H,26,29). The van der Waals surface area contributed by atoms with E-state index in [1.807, 2.05) is 18.2 Å². The number of amides is 1. The monoisotopic (exact) mass is 476 g/mol. The van der Waals surface area contributed by atoms with E-state index in [-0.39, 0.29) is 17.3 Å². The number of sulfonamides is 1. The molecule has 0 saturated carbocycles. The van der Waals surface area contributed by atoms with Gasteiger partial charge in [0, 0.05) is 24.2 Å². The number of aromatic nitrogens is 2. The van der Waals surface area contributed by atoms with Gasteiger partial charge in [-0.15, -0.1) is 0 Å². The van der Waals surface area contributed by atoms with Crippen molar-refractivity contribution in [2.75, 3.05) is 18.4 Å². The highest BCUT2D eigenvalue weighted by atomic mass is 35.5. The third kappa shape index (κ3) is 4.85. The molecule has 0 radical (unpaired) electrons. The third-order valence-electron chi connectivity index (χ3n) is 5.45. The third-order valence-corrected chi connectivity index (χ3v) is 7.70. The number of hydrogen-bond acceptors (Lipinski definition) is 4. The van der Waals surface area contributed by atoms with E-state index >= 15 is 0 Å². The van der Waals surface area contributed by atoms with Crippen molar-refractivity contribution in [3.8, 4) is 0 Å². The minimum Gasteiger partial charge on any atom is -0.311 e. The maximum Gasteiger partial charge on any atom is 0.243 e. The summed E-state index contributed by atoms with van der Waals surface area (Å²) in [7, 11) is -3.81. The number of rotatable bonds is 6. The average molecular weight is 477 g/mol. The highest BCUT2D eigenvalue weighted by Crippen LogP contribution is 2.25. The lowest BCUT2D eigenvalue weighted by Gasteiger charge is -2.31. The van der Waals surface area contributed by atoms with Crippen molar-refractivity contribution in [1.29, 1.82) is 0 Å². The molecule has 1 amide bonds. The van der Waals surface area contributed by atoms with Crippen LogP contribution < -0.4 is 5.32 Å². The Labute approximate surface area is 190 Å². The quantitative estimate of drug-likeness (QED) is 0.587. The molecular weight excluding hydrogens is 455 g/mol. The maximum atomic E-state index is 13.2. The van der Waals surface area contributed by atoms with Crippen LogP contribution in [0, 0.1) is 11.7 Å². The summed E-state index contributed by atoms with van der Waals surface area (Å²) in [4.78, 5) is 13.0. The predicted molar refractivity (Wildman–Crippen MR) is 119 cm³/mol. The van der Waals surface area contributed by atoms with E-state index in [9.17, 15) is 17.6 Å². The van der Waals surface area contributed by atoms with E-state index < -0.39 is 21.8 Å². The zero-order valence-corrected chi connectivity index (χ0v) is 18.7. The lowest BCUT2D eigenvalue weighted by Crippen LogP contribution is -2.43. The number of halogens is 2. The van der Waals surface area contributed by atoms with E-state index in [4.69, 9.17) is 11.6 Å². The fourth-order valence-corrected chi connectivity index (χ4v) is 5.43. The van der Waals surface area contributed by atoms with Gasteiger partial charge < -0.3 is 5.32 Å². The average Bonchev–Trinajstić information content (AvgIpc) is 3.22. The van der Waals surface area contributed by atoms with E-state index in [2.05, 4.69) is 10.4 Å². The Morgan fingerprint density at radius 1 is 1.16 bits per heavy atom. The van der Waals surface area contributed by atoms with Crippen LogP contribution in [-0.2, 0) is 21.4 Å². The molecule has 0 aliphatic carbocycles. The van der Waals surface area contributed by atoms with Gasteiger partial charge in [0.1, 0.15) is 11.6 Å². The molecule has 1 saturated heterocycles. The minimum atomic E-state index is -3.81. The van der Waals surface area contributed by atoms with Crippen molar-refractivity contribution >= 4 is 33.3 Å². The lowest BCUT2D eigenvalue weighted by molar-refractivity contribution is -0.120. The van der Waals surface area contributed by atoms with Crippen LogP contribution in [0.3, 0.4) is 0 Å². The summed E-state index contributed by atoms with van der Waals surface area (Å²) in [6.07, 6.45) is 2.70. The molecule has 1 aliphatic rings. The second-order valence-electron chi connectivity index (χ2n) is 7.61. The molecule has 1 aromatic heterocycles. The molecule has 168 valence electrons. The highest BCUT2D eigenvalue weighted by molar-refractivity contribution is 7.89. The molecule has 2 aromatic carbocycles. The van der Waals surface area contributed by atoms with Crippen LogP contribution in [0.5, 0.6) is 0 Å². The highest BCUT2D eigenvalue weighted by Gasteiger charge is 2.33. The fraction of sp³-hybridized carbons (Fsp3) is 0.273. The molecule has 10 heteroatoms. The summed E-state index contributed by atoms with van der Waals surface area (Å²) in [5.41, 5.74) is 0.864. The zero-order chi connectivity index (χ0) is 22.7. The van der Waals surface area contributed by atoms with Crippen LogP contribution in [0.2, 0.25) is 5.02 Å². The van der Waals surface area contributed by atoms with Gasteiger partial charge in [0.15, 0.2) is 0 Å². The Bertz CT molecular complexity index is 1210. The van der Waals surface area contributed by atoms with Crippen LogP contribution >= 0.6 is 11.6 Å². The van der Waals surface area contributed by atoms with Gasteiger partial charge in [0.25, 0.3) is 0 Å². The minimum absolute atomic E-state index is 0.0118. The maximum absolute atomic E-state index is 13.2. The number of carbonyl (C=O) groups is 1. The largest absolute Gasteiger partial charge is 0.311 e. The van der Waals surface area contributed by atoms with Crippen LogP contribution in [-0.4, -0.2) is 41.5 Å². The lowest BCUT2D eigenvalue weighted by atomic mass is 9.99. The molecule has 1 unspecified atom stereocenters. The number of nitrogens with zero attached hydrogens (tertiary/aromatic N) is 3. The first-order valence-corrected chi connectivity index (χ1v) is 12.0. The van der Waals surface area contributed by atoms with Gasteiger partial charge in [0.2, 0.25) is 15.9 Å². The molecule has 7 nitrogen and oxygen atoms in total. The normalized spacial score (nSPS) is 17.2. The predicted octanol–water partition coefficient (Wildman–Crippen LogP) is 3.76. The fourth-order valence-electron chi connectivity index (χ4n) is 3.71. The van der Waals surface area contributed by atoms with Gasteiger partial charge in [-0.05, 0) is 48.7 Å². The molecule has 1 aliphatic heterocycles. The van der Waals surface area contributed by atoms with Crippen LogP contribution in [0.1, 0.15) is 18.4 Å². The van der Waals surface area contributed by atoms with Gasteiger partial charge in [0.05, 0.1) is 23.6 Å². The van der Waals surface area contributed by atoms with Crippen molar-refractivity contribution in [3.63, 3.8) is 0 Å². The second-order valence-corrected chi connectivity index (χ2v) is 9.96. The van der Waals surface area contributed by atoms with Crippen LogP contribution in [0.15, 0.2) is 65.7 Å². The summed E-state index contributed by atoms with van der Waals surface area (Å²) < 4.78 is 41.9. The Hall–Kier alpha value is -2.75. The Kier molecular flexibility index (Phi) is 6.59. The van der Waals surface area contributed by atoms with Gasteiger partial charge in [-0.25, -0.2) is 17.5 Å². The van der Waals surface area contributed by atoms with Gasteiger partial charge in [-0.1, -0.05) is 29.8 Å². The van der Waals surface area contributed by atoms with Crippen molar-refractivity contribution in [2.45, 2.75) is 24.3 Å². The first-order chi connectivity index (χ1) is 15.3. The van der Waals surface area contributed by atoms with Gasteiger partial charge >= 0.3 is 0 Å². The molecule has 0 bridgehead atoms. The first-order valence-electron chi connectivity index (χ1n) is 10.2. The van der Waals surface area contributed by atoms with Gasteiger partial charge in [-0.3, -0.25) is 4.79 Å². The number of anilines is 1. The number of piperidine rings is 1. The van der Waals surface area contributed by atoms with E-state index in [0.29, 0.717) is 36.8 Å². The Morgan fingerprint density at radius 2 is 1.91 bits per heavy atom. The Balaban J connectivity index is 1.45. The number of carbonyl (C=O) groups excluding carboxylic acids is 1. The summed E-state index contributed by atoms with van der Waals surface area (Å²) in [5.74, 6) is -0.783. The molecule has 4 rings (SSSR count). The van der Waals surface area contributed by atoms with Crippen molar-refractivity contribution in [1.82, 2.24) is 14.1 Å². The van der Waals surface area contributed by atoms with Crippen LogP contribution in [0.4, 0.5) is 10.2 Å². The molecule has 1 atom stereocenters. The summed E-state index contributed by atoms with van der Waals surface area (Å²) in [6, 6.07) is 13.8. The summed E-state index contributed by atoms with van der Waals surface area (Å²) >= 11 is 6.23. The van der Waals surface area contributed by atoms with E-state index in [0.717, 1.165) is 17.7 Å². The SMILES string of the molecule is O=C(Nc1ccnn1Cc1ccccc1Cl)C1CCCN(S(=O)(=O)c2ccc(F)cc2)C1. The zero-order valence-electron chi connectivity index (χ0n) is 17.1. The molecule has 1 N–H and O–H groups in total. The molecule has 3 aromatic rings. The van der Waals surface area contributed by atoms with Gasteiger partial charge in [-0.2, -0.15) is 9.40 Å². The summed E-state index contributed by atoms with van der Waals surface area (Å²) in [6.45, 7) is 0.760. The summed E-state index contributed by atoms with van der Waals surface area (Å²) in [5, 5.41) is 7.73. The van der Waals surface area contributed by atoms with Crippen LogP contribution in [0.25, 0.3) is 0 Å². The molecular formula is C22H22ClFN4O3S. The van der Waals surface area contributed by atoms with E-state index in [1.54, 1.807) is 23.0 Å². The number of nitrogens with one attached hydrogen (secondary N) is 1. The molecule has 1 fully saturated rings. The Morgan fingerprint density at radius 3 is 2.66 bits per heavy atom. The smallest absolute Gasteiger partial charge is 0.243 e. The molecule has 0 spiro atoms. The van der Waals surface area contributed by atoms with Crippen molar-refractivity contribution in [2.24, 2.45) is 5.92 Å². The van der Waals surface area contributed by atoms with Crippen molar-refractivity contribution < 1.29 is 17.6 Å². The molecule has 32 heavy (non-hydrogen) atoms. The topological polar surface area (TPSA) is 84.3 Å². The molecule has 2 heterocycles. The first kappa shape index (κ1) is 22.4. The number of hydrogen-bond donors (Lipinski definition) is 1. The van der Waals surface area contributed by atoms with E-state index in [1.165, 1.54) is 16.4 Å². The second kappa shape index (κ2) is 9.40. The van der Waals surface area contributed by atoms with Crippen molar-refractivity contribution in [3.05, 3.63) is 77.2 Å². The number of benzene rings is 2.